The van der Waals surface area contributed by atoms with Gasteiger partial charge in [-0.25, -0.2) is 4.79 Å². The first-order valence-electron chi connectivity index (χ1n) is 8.30. The summed E-state index contributed by atoms with van der Waals surface area (Å²) in [5.74, 6) is 2.49. The number of rotatable bonds is 5. The number of thiophene rings is 1. The number of carbonyl (C=O) groups is 1. The number of carbonyl (C=O) groups excluding carboxylic acids is 1. The number of nitrogens with one attached hydrogen (secondary N) is 2. The number of thiocarbonyl (C=S) groups is 1. The second kappa shape index (κ2) is 8.00. The summed E-state index contributed by atoms with van der Waals surface area (Å²) in [6.45, 7) is 4.06. The molecule has 0 atom stereocenters. The number of hydrogen-bond donors (Lipinski definition) is 2. The van der Waals surface area contributed by atoms with Gasteiger partial charge < -0.3 is 15.4 Å². The Balaban J connectivity index is 2.26. The van der Waals surface area contributed by atoms with Crippen LogP contribution in [0.15, 0.2) is 0 Å². The molecule has 24 heavy (non-hydrogen) atoms. The Hall–Kier alpha value is -1.58. The van der Waals surface area contributed by atoms with Crippen molar-refractivity contribution in [1.29, 1.82) is 0 Å². The maximum atomic E-state index is 12.3. The van der Waals surface area contributed by atoms with Gasteiger partial charge in [0.05, 0.1) is 18.2 Å². The van der Waals surface area contributed by atoms with Gasteiger partial charge >= 0.3 is 5.97 Å². The van der Waals surface area contributed by atoms with Crippen LogP contribution in [0.5, 0.6) is 0 Å². The molecular weight excluding hydrogens is 340 g/mol. The number of aryl methyl sites for hydroxylation is 1. The van der Waals surface area contributed by atoms with Gasteiger partial charge in [-0.1, -0.05) is 19.8 Å². The summed E-state index contributed by atoms with van der Waals surface area (Å²) in [5.41, 5.74) is 1.27. The van der Waals surface area contributed by atoms with Gasteiger partial charge in [0.1, 0.15) is 5.00 Å². The fraction of sp³-hybridized carbons (Fsp3) is 0.556. The summed E-state index contributed by atoms with van der Waals surface area (Å²) in [6, 6.07) is 0. The minimum absolute atomic E-state index is 0.311. The van der Waals surface area contributed by atoms with Crippen molar-refractivity contribution in [3.63, 3.8) is 0 Å². The molecule has 0 bridgehead atoms. The van der Waals surface area contributed by atoms with E-state index < -0.39 is 5.54 Å². The van der Waals surface area contributed by atoms with Crippen LogP contribution in [0.1, 0.15) is 60.3 Å². The van der Waals surface area contributed by atoms with E-state index in [9.17, 15) is 4.79 Å². The largest absolute Gasteiger partial charge is 0.465 e. The van der Waals surface area contributed by atoms with E-state index in [1.54, 1.807) is 11.3 Å². The first-order valence-corrected chi connectivity index (χ1v) is 9.52. The van der Waals surface area contributed by atoms with Crippen molar-refractivity contribution in [2.75, 3.05) is 12.4 Å². The van der Waals surface area contributed by atoms with Gasteiger partial charge in [0.15, 0.2) is 5.11 Å². The quantitative estimate of drug-likeness (QED) is 0.472. The number of anilines is 1. The molecule has 0 amide bonds. The highest BCUT2D eigenvalue weighted by molar-refractivity contribution is 7.80. The van der Waals surface area contributed by atoms with Gasteiger partial charge in [0.25, 0.3) is 0 Å². The predicted molar refractivity (Wildman–Crippen MR) is 104 cm³/mol. The second-order valence-corrected chi connectivity index (χ2v) is 7.43. The molecular formula is C18H24N2O2S2. The molecule has 0 spiro atoms. The van der Waals surface area contributed by atoms with Gasteiger partial charge in [-0.2, -0.15) is 0 Å². The smallest absolute Gasteiger partial charge is 0.341 e. The van der Waals surface area contributed by atoms with Gasteiger partial charge in [-0.05, 0) is 56.3 Å². The van der Waals surface area contributed by atoms with Crippen molar-refractivity contribution in [2.24, 2.45) is 0 Å². The van der Waals surface area contributed by atoms with E-state index in [0.717, 1.165) is 49.1 Å². The van der Waals surface area contributed by atoms with E-state index >= 15 is 0 Å². The van der Waals surface area contributed by atoms with Gasteiger partial charge in [0, 0.05) is 4.88 Å². The van der Waals surface area contributed by atoms with Crippen LogP contribution in [0.25, 0.3) is 0 Å². The summed E-state index contributed by atoms with van der Waals surface area (Å²) < 4.78 is 4.98. The third-order valence-electron chi connectivity index (χ3n) is 4.62. The molecule has 2 rings (SSSR count). The normalized spacial score (nSPS) is 13.6. The van der Waals surface area contributed by atoms with Gasteiger partial charge in [0.2, 0.25) is 0 Å². The highest BCUT2D eigenvalue weighted by Crippen LogP contribution is 2.38. The van der Waals surface area contributed by atoms with Crippen molar-refractivity contribution in [3.8, 4) is 12.3 Å². The molecule has 1 aromatic rings. The number of fused-ring (bicyclic) bond motifs is 1. The summed E-state index contributed by atoms with van der Waals surface area (Å²) >= 11 is 7.03. The summed E-state index contributed by atoms with van der Waals surface area (Å²) in [6.07, 6.45) is 11.4. The van der Waals surface area contributed by atoms with E-state index in [0.29, 0.717) is 10.7 Å². The Kier molecular flexibility index (Phi) is 6.25. The number of ether oxygens (including phenoxy) is 1. The van der Waals surface area contributed by atoms with Crippen LogP contribution in [0.4, 0.5) is 5.00 Å². The average Bonchev–Trinajstić information content (AvgIpc) is 2.96. The highest BCUT2D eigenvalue weighted by Gasteiger charge is 2.28. The number of terminal acetylenes is 1. The fourth-order valence-electron chi connectivity index (χ4n) is 2.99. The zero-order chi connectivity index (χ0) is 17.7. The van der Waals surface area contributed by atoms with Crippen LogP contribution in [0.3, 0.4) is 0 Å². The third-order valence-corrected chi connectivity index (χ3v) is 6.04. The fourth-order valence-corrected chi connectivity index (χ4v) is 4.63. The van der Waals surface area contributed by atoms with Crippen molar-refractivity contribution in [2.45, 2.75) is 57.9 Å². The monoisotopic (exact) mass is 364 g/mol. The van der Waals surface area contributed by atoms with E-state index in [2.05, 4.69) is 16.6 Å². The summed E-state index contributed by atoms with van der Waals surface area (Å²) in [4.78, 5) is 13.5. The molecule has 1 aliphatic carbocycles. The lowest BCUT2D eigenvalue weighted by molar-refractivity contribution is 0.0601. The highest BCUT2D eigenvalue weighted by atomic mass is 32.1. The van der Waals surface area contributed by atoms with Crippen LogP contribution < -0.4 is 10.6 Å². The zero-order valence-corrected chi connectivity index (χ0v) is 16.1. The molecule has 130 valence electrons. The third kappa shape index (κ3) is 3.73. The molecule has 1 aliphatic rings. The molecule has 0 aliphatic heterocycles. The Labute approximate surface area is 153 Å². The molecule has 0 saturated heterocycles. The first kappa shape index (κ1) is 18.8. The van der Waals surface area contributed by atoms with Crippen LogP contribution in [-0.4, -0.2) is 23.7 Å². The van der Waals surface area contributed by atoms with Crippen LogP contribution in [-0.2, 0) is 17.6 Å². The standard InChI is InChI=1S/C18H24N2O2S2/c1-5-18(6-2,7-3)20-17(23)19-15-14(16(21)22-4)12-10-8-9-11-13(12)24-15/h1H,6-11H2,2-4H3,(H2,19,20,23). The van der Waals surface area contributed by atoms with Gasteiger partial charge in [-0.15, -0.1) is 17.8 Å². The first-order chi connectivity index (χ1) is 11.5. The minimum Gasteiger partial charge on any atom is -0.465 e. The van der Waals surface area contributed by atoms with Crippen LogP contribution in [0, 0.1) is 12.3 Å². The molecule has 0 radical (unpaired) electrons. The summed E-state index contributed by atoms with van der Waals surface area (Å²) in [5, 5.41) is 7.61. The lowest BCUT2D eigenvalue weighted by atomic mass is 9.94. The molecule has 1 heterocycles. The number of methoxy groups -OCH3 is 1. The molecule has 6 heteroatoms. The maximum Gasteiger partial charge on any atom is 0.341 e. The lowest BCUT2D eigenvalue weighted by Crippen LogP contribution is -2.48. The molecule has 4 nitrogen and oxygen atoms in total. The SMILES string of the molecule is C#CC(CC)(CC)NC(=S)Nc1sc2c(c1C(=O)OC)CCCC2. The Morgan fingerprint density at radius 3 is 2.62 bits per heavy atom. The number of esters is 1. The second-order valence-electron chi connectivity index (χ2n) is 5.92. The van der Waals surface area contributed by atoms with E-state index in [4.69, 9.17) is 23.4 Å². The van der Waals surface area contributed by atoms with Crippen molar-refractivity contribution >= 4 is 39.6 Å². The molecule has 0 fully saturated rings. The zero-order valence-electron chi connectivity index (χ0n) is 14.5. The molecule has 0 aromatic carbocycles. The maximum absolute atomic E-state index is 12.3. The van der Waals surface area contributed by atoms with E-state index in [1.165, 1.54) is 12.0 Å². The Morgan fingerprint density at radius 1 is 1.38 bits per heavy atom. The number of hydrogen-bond acceptors (Lipinski definition) is 4. The van der Waals surface area contributed by atoms with Crippen LogP contribution >= 0.6 is 23.6 Å². The Morgan fingerprint density at radius 2 is 2.04 bits per heavy atom. The molecule has 0 saturated carbocycles. The molecule has 0 unspecified atom stereocenters. The topological polar surface area (TPSA) is 50.4 Å². The van der Waals surface area contributed by atoms with Crippen molar-refractivity contribution in [3.05, 3.63) is 16.0 Å². The van der Waals surface area contributed by atoms with Crippen LogP contribution in [0.2, 0.25) is 0 Å². The Bertz CT molecular complexity index is 669. The predicted octanol–water partition coefficient (Wildman–Crippen LogP) is 3.89. The average molecular weight is 365 g/mol. The van der Waals surface area contributed by atoms with Crippen molar-refractivity contribution in [1.82, 2.24) is 5.32 Å². The lowest BCUT2D eigenvalue weighted by Gasteiger charge is -2.28. The van der Waals surface area contributed by atoms with Gasteiger partial charge in [-0.3, -0.25) is 0 Å². The molecule has 1 aromatic heterocycles. The minimum atomic E-state index is -0.466. The molecule has 2 N–H and O–H groups in total. The van der Waals surface area contributed by atoms with E-state index in [-0.39, 0.29) is 5.97 Å². The van der Waals surface area contributed by atoms with Crippen molar-refractivity contribution < 1.29 is 9.53 Å². The van der Waals surface area contributed by atoms with E-state index in [1.807, 2.05) is 13.8 Å². The summed E-state index contributed by atoms with van der Waals surface area (Å²) in [7, 11) is 1.41.